The molecule has 2 N–H and O–H groups in total. The van der Waals surface area contributed by atoms with Gasteiger partial charge in [0.2, 0.25) is 0 Å². The molecular formula is C20H28N4O3. The van der Waals surface area contributed by atoms with E-state index < -0.39 is 4.92 Å². The molecule has 1 saturated heterocycles. The van der Waals surface area contributed by atoms with E-state index in [0.717, 1.165) is 44.5 Å². The van der Waals surface area contributed by atoms with Crippen LogP contribution in [0.1, 0.15) is 49.4 Å². The van der Waals surface area contributed by atoms with Gasteiger partial charge in [-0.1, -0.05) is 6.92 Å². The second-order valence-electron chi connectivity index (χ2n) is 8.48. The highest BCUT2D eigenvalue weighted by Crippen LogP contribution is 2.47. The third kappa shape index (κ3) is 3.59. The fraction of sp³-hybridized carbons (Fsp3) is 0.650. The van der Waals surface area contributed by atoms with E-state index in [1.807, 2.05) is 0 Å². The van der Waals surface area contributed by atoms with Crippen molar-refractivity contribution >= 4 is 23.0 Å². The molecule has 3 fully saturated rings. The molecule has 1 aromatic rings. The maximum Gasteiger partial charge on any atom is 0.293 e. The second-order valence-corrected chi connectivity index (χ2v) is 8.48. The van der Waals surface area contributed by atoms with Crippen LogP contribution in [0.25, 0.3) is 0 Å². The van der Waals surface area contributed by atoms with Gasteiger partial charge in [-0.2, -0.15) is 0 Å². The van der Waals surface area contributed by atoms with E-state index in [2.05, 4.69) is 22.5 Å². The number of rotatable bonds is 5. The molecule has 2 unspecified atom stereocenters. The van der Waals surface area contributed by atoms with Gasteiger partial charge >= 0.3 is 0 Å². The van der Waals surface area contributed by atoms with E-state index in [9.17, 15) is 14.9 Å². The van der Waals surface area contributed by atoms with Gasteiger partial charge in [-0.3, -0.25) is 14.9 Å². The highest BCUT2D eigenvalue weighted by molar-refractivity contribution is 6.02. The fourth-order valence-electron chi connectivity index (χ4n) is 4.63. The van der Waals surface area contributed by atoms with Crippen molar-refractivity contribution < 1.29 is 9.72 Å². The van der Waals surface area contributed by atoms with Gasteiger partial charge in [0.15, 0.2) is 0 Å². The van der Waals surface area contributed by atoms with Gasteiger partial charge in [0, 0.05) is 32.2 Å². The lowest BCUT2D eigenvalue weighted by Gasteiger charge is -2.28. The van der Waals surface area contributed by atoms with Crippen molar-refractivity contribution in [3.8, 4) is 0 Å². The Labute approximate surface area is 159 Å². The van der Waals surface area contributed by atoms with E-state index in [1.165, 1.54) is 12.5 Å². The summed E-state index contributed by atoms with van der Waals surface area (Å²) in [6.45, 7) is 4.12. The number of anilines is 2. The van der Waals surface area contributed by atoms with Crippen LogP contribution in [0.2, 0.25) is 0 Å². The molecule has 7 heteroatoms. The van der Waals surface area contributed by atoms with Gasteiger partial charge in [-0.15, -0.1) is 0 Å². The SMILES string of the molecule is CNc1cc(N2CC3CC3C2)c(C(=O)N[C@H]2CC[C@H](C)CC2)cc1[N+](=O)[O-]. The number of piperidine rings is 1. The number of nitro benzene ring substituents is 1. The van der Waals surface area contributed by atoms with Crippen molar-refractivity contribution in [2.75, 3.05) is 30.4 Å². The number of benzene rings is 1. The first-order valence-corrected chi connectivity index (χ1v) is 10.0. The lowest BCUT2D eigenvalue weighted by molar-refractivity contribution is -0.383. The smallest absolute Gasteiger partial charge is 0.293 e. The van der Waals surface area contributed by atoms with Crippen LogP contribution in [0.3, 0.4) is 0 Å². The Hall–Kier alpha value is -2.31. The van der Waals surface area contributed by atoms with Gasteiger partial charge in [0.1, 0.15) is 5.69 Å². The van der Waals surface area contributed by atoms with E-state index in [1.54, 1.807) is 13.1 Å². The van der Waals surface area contributed by atoms with Crippen molar-refractivity contribution in [2.24, 2.45) is 17.8 Å². The van der Waals surface area contributed by atoms with Crippen LogP contribution in [0.4, 0.5) is 17.1 Å². The van der Waals surface area contributed by atoms with Crippen LogP contribution in [0.15, 0.2) is 12.1 Å². The molecule has 2 aliphatic carbocycles. The van der Waals surface area contributed by atoms with Crippen LogP contribution in [-0.4, -0.2) is 37.0 Å². The third-order valence-corrected chi connectivity index (χ3v) is 6.50. The second kappa shape index (κ2) is 7.02. The summed E-state index contributed by atoms with van der Waals surface area (Å²) in [4.78, 5) is 26.4. The molecule has 3 aliphatic rings. The maximum atomic E-state index is 13.1. The van der Waals surface area contributed by atoms with Crippen LogP contribution >= 0.6 is 0 Å². The van der Waals surface area contributed by atoms with Crippen molar-refractivity contribution in [3.05, 3.63) is 27.8 Å². The van der Waals surface area contributed by atoms with Crippen LogP contribution in [-0.2, 0) is 0 Å². The number of fused-ring (bicyclic) bond motifs is 1. The summed E-state index contributed by atoms with van der Waals surface area (Å²) in [5, 5.41) is 17.5. The number of carbonyl (C=O) groups is 1. The monoisotopic (exact) mass is 372 g/mol. The van der Waals surface area contributed by atoms with Crippen molar-refractivity contribution in [1.82, 2.24) is 5.32 Å². The maximum absolute atomic E-state index is 13.1. The van der Waals surface area contributed by atoms with Crippen LogP contribution in [0, 0.1) is 27.9 Å². The third-order valence-electron chi connectivity index (χ3n) is 6.50. The van der Waals surface area contributed by atoms with Crippen LogP contribution < -0.4 is 15.5 Å². The molecule has 2 saturated carbocycles. The molecule has 4 rings (SSSR count). The Balaban J connectivity index is 1.62. The first-order chi connectivity index (χ1) is 13.0. The average molecular weight is 372 g/mol. The Morgan fingerprint density at radius 1 is 1.19 bits per heavy atom. The molecule has 1 aliphatic heterocycles. The molecule has 27 heavy (non-hydrogen) atoms. The zero-order valence-corrected chi connectivity index (χ0v) is 16.0. The van der Waals surface area contributed by atoms with Gasteiger partial charge in [-0.25, -0.2) is 0 Å². The fourth-order valence-corrected chi connectivity index (χ4v) is 4.63. The average Bonchev–Trinajstić information content (AvgIpc) is 3.27. The summed E-state index contributed by atoms with van der Waals surface area (Å²) in [5.41, 5.74) is 1.66. The number of nitrogens with zero attached hydrogens (tertiary/aromatic N) is 2. The molecule has 0 spiro atoms. The lowest BCUT2D eigenvalue weighted by Crippen LogP contribution is -2.38. The summed E-state index contributed by atoms with van der Waals surface area (Å²) >= 11 is 0. The zero-order chi connectivity index (χ0) is 19.1. The number of amides is 1. The van der Waals surface area contributed by atoms with E-state index in [-0.39, 0.29) is 17.6 Å². The molecule has 0 radical (unpaired) electrons. The van der Waals surface area contributed by atoms with E-state index in [0.29, 0.717) is 29.0 Å². The summed E-state index contributed by atoms with van der Waals surface area (Å²) in [5.74, 6) is 1.96. The minimum Gasteiger partial charge on any atom is -0.383 e. The number of nitro groups is 1. The molecule has 2 atom stereocenters. The number of nitrogens with one attached hydrogen (secondary N) is 2. The van der Waals surface area contributed by atoms with E-state index in [4.69, 9.17) is 0 Å². The Morgan fingerprint density at radius 2 is 1.85 bits per heavy atom. The molecule has 146 valence electrons. The molecule has 0 bridgehead atoms. The van der Waals surface area contributed by atoms with Crippen molar-refractivity contribution in [3.63, 3.8) is 0 Å². The van der Waals surface area contributed by atoms with Gasteiger partial charge < -0.3 is 15.5 Å². The first-order valence-electron chi connectivity index (χ1n) is 10.0. The number of hydrogen-bond donors (Lipinski definition) is 2. The van der Waals surface area contributed by atoms with Crippen molar-refractivity contribution in [2.45, 2.75) is 45.1 Å². The predicted octanol–water partition coefficient (Wildman–Crippen LogP) is 3.40. The summed E-state index contributed by atoms with van der Waals surface area (Å²) in [6, 6.07) is 3.39. The number of hydrogen-bond acceptors (Lipinski definition) is 5. The standard InChI is InChI=1S/C20H28N4O3/c1-12-3-5-15(6-4-12)22-20(25)16-8-19(24(26)27)17(21-2)9-18(16)23-10-13-7-14(13)11-23/h8-9,12-15,21H,3-7,10-11H2,1-2H3,(H,22,25)/t12-,13?,14?,15-. The van der Waals surface area contributed by atoms with Gasteiger partial charge in [-0.05, 0) is 55.9 Å². The molecule has 1 amide bonds. The summed E-state index contributed by atoms with van der Waals surface area (Å²) in [7, 11) is 1.68. The lowest BCUT2D eigenvalue weighted by atomic mass is 9.87. The largest absolute Gasteiger partial charge is 0.383 e. The molecule has 1 aromatic carbocycles. The summed E-state index contributed by atoms with van der Waals surface area (Å²) in [6.07, 6.45) is 5.46. The highest BCUT2D eigenvalue weighted by Gasteiger charge is 2.46. The highest BCUT2D eigenvalue weighted by atomic mass is 16.6. The molecule has 1 heterocycles. The van der Waals surface area contributed by atoms with Crippen molar-refractivity contribution in [1.29, 1.82) is 0 Å². The normalized spacial score (nSPS) is 29.2. The first kappa shape index (κ1) is 18.1. The molecular weight excluding hydrogens is 344 g/mol. The van der Waals surface area contributed by atoms with E-state index >= 15 is 0 Å². The zero-order valence-electron chi connectivity index (χ0n) is 16.0. The topological polar surface area (TPSA) is 87.5 Å². The molecule has 0 aromatic heterocycles. The Bertz CT molecular complexity index is 748. The minimum absolute atomic E-state index is 0.0481. The van der Waals surface area contributed by atoms with Crippen LogP contribution in [0.5, 0.6) is 0 Å². The Kier molecular flexibility index (Phi) is 4.70. The predicted molar refractivity (Wildman–Crippen MR) is 105 cm³/mol. The Morgan fingerprint density at radius 3 is 2.44 bits per heavy atom. The number of carbonyl (C=O) groups excluding carboxylic acids is 1. The molecule has 7 nitrogen and oxygen atoms in total. The van der Waals surface area contributed by atoms with Gasteiger partial charge in [0.05, 0.1) is 16.2 Å². The summed E-state index contributed by atoms with van der Waals surface area (Å²) < 4.78 is 0. The minimum atomic E-state index is -0.421. The van der Waals surface area contributed by atoms with Gasteiger partial charge in [0.25, 0.3) is 11.6 Å². The quantitative estimate of drug-likeness (QED) is 0.611.